The highest BCUT2D eigenvalue weighted by atomic mass is 32.2. The van der Waals surface area contributed by atoms with Gasteiger partial charge in [0, 0.05) is 0 Å². The van der Waals surface area contributed by atoms with Gasteiger partial charge in [0.25, 0.3) is 0 Å². The van der Waals surface area contributed by atoms with Crippen LogP contribution in [0.4, 0.5) is 0 Å². The summed E-state index contributed by atoms with van der Waals surface area (Å²) < 4.78 is 11.5. The lowest BCUT2D eigenvalue weighted by Gasteiger charge is -2.26. The van der Waals surface area contributed by atoms with Gasteiger partial charge in [0.2, 0.25) is 5.91 Å². The third kappa shape index (κ3) is 3.71. The fourth-order valence-electron chi connectivity index (χ4n) is 2.57. The van der Waals surface area contributed by atoms with Crippen LogP contribution >= 0.6 is 11.8 Å². The predicted octanol–water partition coefficient (Wildman–Crippen LogP) is 2.61. The molecule has 0 fully saturated rings. The van der Waals surface area contributed by atoms with Crippen LogP contribution < -0.4 is 14.8 Å². The Morgan fingerprint density at radius 2 is 2.00 bits per heavy atom. The maximum atomic E-state index is 12.0. The van der Waals surface area contributed by atoms with Crippen LogP contribution in [0.25, 0.3) is 11.0 Å². The molecule has 0 aliphatic carbocycles. The van der Waals surface area contributed by atoms with Gasteiger partial charge in [-0.3, -0.25) is 4.79 Å². The Bertz CT molecular complexity index is 863. The molecule has 4 rings (SSSR count). The summed E-state index contributed by atoms with van der Waals surface area (Å²) in [4.78, 5) is 19.7. The molecule has 0 bridgehead atoms. The van der Waals surface area contributed by atoms with Crippen molar-refractivity contribution in [3.8, 4) is 11.5 Å². The second-order valence-electron chi connectivity index (χ2n) is 5.65. The fourth-order valence-corrected chi connectivity index (χ4v) is 3.29. The minimum atomic E-state index is -0.185. The molecule has 7 heteroatoms. The van der Waals surface area contributed by atoms with Crippen LogP contribution in [0, 0.1) is 0 Å². The summed E-state index contributed by atoms with van der Waals surface area (Å²) in [6.45, 7) is 0.835. The molecule has 1 aliphatic heterocycles. The van der Waals surface area contributed by atoms with Crippen molar-refractivity contribution in [2.45, 2.75) is 11.3 Å². The lowest BCUT2D eigenvalue weighted by atomic mass is 10.2. The van der Waals surface area contributed by atoms with Gasteiger partial charge in [0.15, 0.2) is 16.7 Å². The number of amides is 1. The van der Waals surface area contributed by atoms with Crippen LogP contribution in [-0.2, 0) is 4.79 Å². The third-order valence-corrected chi connectivity index (χ3v) is 4.68. The summed E-state index contributed by atoms with van der Waals surface area (Å²) >= 11 is 1.38. The molecule has 0 saturated heterocycles. The second kappa shape index (κ2) is 7.06. The van der Waals surface area contributed by atoms with E-state index in [4.69, 9.17) is 9.47 Å². The number of carbonyl (C=O) groups excluding carboxylic acids is 1. The maximum Gasteiger partial charge on any atom is 0.230 e. The number of nitrogens with zero attached hydrogens (tertiary/aromatic N) is 1. The van der Waals surface area contributed by atoms with Gasteiger partial charge in [-0.1, -0.05) is 36.0 Å². The number of fused-ring (bicyclic) bond motifs is 2. The molecule has 3 aromatic rings. The summed E-state index contributed by atoms with van der Waals surface area (Å²) in [6.07, 6.45) is -0.185. The number of aromatic amines is 1. The van der Waals surface area contributed by atoms with E-state index >= 15 is 0 Å². The molecule has 2 heterocycles. The lowest BCUT2D eigenvalue weighted by molar-refractivity contribution is -0.119. The number of rotatable bonds is 5. The minimum Gasteiger partial charge on any atom is -0.486 e. The highest BCUT2D eigenvalue weighted by molar-refractivity contribution is 7.99. The van der Waals surface area contributed by atoms with Crippen LogP contribution in [0.1, 0.15) is 0 Å². The van der Waals surface area contributed by atoms with Crippen molar-refractivity contribution < 1.29 is 14.3 Å². The van der Waals surface area contributed by atoms with Gasteiger partial charge in [-0.2, -0.15) is 0 Å². The van der Waals surface area contributed by atoms with Crippen LogP contribution in [0.2, 0.25) is 0 Å². The number of thioether (sulfide) groups is 1. The number of imidazole rings is 1. The minimum absolute atomic E-state index is 0.0621. The molecule has 128 valence electrons. The Balaban J connectivity index is 1.25. The van der Waals surface area contributed by atoms with Crippen molar-refractivity contribution in [2.75, 3.05) is 18.9 Å². The number of nitrogens with one attached hydrogen (secondary N) is 2. The zero-order valence-electron chi connectivity index (χ0n) is 13.4. The van der Waals surface area contributed by atoms with E-state index in [2.05, 4.69) is 15.3 Å². The van der Waals surface area contributed by atoms with Crippen LogP contribution in [0.15, 0.2) is 53.7 Å². The van der Waals surface area contributed by atoms with Crippen molar-refractivity contribution in [3.63, 3.8) is 0 Å². The van der Waals surface area contributed by atoms with Crippen molar-refractivity contribution in [3.05, 3.63) is 48.5 Å². The molecule has 6 nitrogen and oxygen atoms in total. The van der Waals surface area contributed by atoms with E-state index in [0.29, 0.717) is 24.7 Å². The van der Waals surface area contributed by atoms with E-state index in [1.807, 2.05) is 48.5 Å². The highest BCUT2D eigenvalue weighted by Crippen LogP contribution is 2.30. The van der Waals surface area contributed by atoms with Crippen molar-refractivity contribution in [1.82, 2.24) is 15.3 Å². The standard InChI is InChI=1S/C18H17N3O3S/c22-17(11-25-18-20-13-5-1-2-6-14(13)21-18)19-9-12-10-23-15-7-3-4-8-16(15)24-12/h1-8,12H,9-11H2,(H,19,22)(H,20,21). The summed E-state index contributed by atoms with van der Waals surface area (Å²) in [5, 5.41) is 3.62. The number of carbonyl (C=O) groups is 1. The van der Waals surface area contributed by atoms with Gasteiger partial charge in [-0.15, -0.1) is 0 Å². The SMILES string of the molecule is O=C(CSc1nc2ccccc2[nH]1)NCC1COc2ccccc2O1. The van der Waals surface area contributed by atoms with Gasteiger partial charge in [0.1, 0.15) is 12.7 Å². The molecule has 25 heavy (non-hydrogen) atoms. The quantitative estimate of drug-likeness (QED) is 0.688. The molecule has 0 saturated carbocycles. The molecule has 1 unspecified atom stereocenters. The molecule has 0 spiro atoms. The molecule has 1 atom stereocenters. The first-order valence-corrected chi connectivity index (χ1v) is 8.99. The van der Waals surface area contributed by atoms with Crippen molar-refractivity contribution in [2.24, 2.45) is 0 Å². The zero-order chi connectivity index (χ0) is 17.1. The summed E-state index contributed by atoms with van der Waals surface area (Å²) in [6, 6.07) is 15.3. The van der Waals surface area contributed by atoms with E-state index in [9.17, 15) is 4.79 Å². The van der Waals surface area contributed by atoms with Crippen molar-refractivity contribution in [1.29, 1.82) is 0 Å². The normalized spacial score (nSPS) is 15.9. The molecule has 1 aromatic heterocycles. The van der Waals surface area contributed by atoms with Crippen LogP contribution in [0.3, 0.4) is 0 Å². The molecular formula is C18H17N3O3S. The fraction of sp³-hybridized carbons (Fsp3) is 0.222. The number of ether oxygens (including phenoxy) is 2. The first-order valence-electron chi connectivity index (χ1n) is 8.01. The Kier molecular flexibility index (Phi) is 4.47. The Morgan fingerprint density at radius 1 is 1.20 bits per heavy atom. The Morgan fingerprint density at radius 3 is 2.88 bits per heavy atom. The summed E-state index contributed by atoms with van der Waals surface area (Å²) in [5.41, 5.74) is 1.87. The van der Waals surface area contributed by atoms with E-state index in [0.717, 1.165) is 21.9 Å². The van der Waals surface area contributed by atoms with Gasteiger partial charge >= 0.3 is 0 Å². The monoisotopic (exact) mass is 355 g/mol. The van der Waals surface area contributed by atoms with E-state index in [-0.39, 0.29) is 12.0 Å². The number of benzene rings is 2. The lowest BCUT2D eigenvalue weighted by Crippen LogP contribution is -2.41. The summed E-state index contributed by atoms with van der Waals surface area (Å²) in [5.74, 6) is 1.69. The smallest absolute Gasteiger partial charge is 0.230 e. The van der Waals surface area contributed by atoms with E-state index < -0.39 is 0 Å². The van der Waals surface area contributed by atoms with E-state index in [1.54, 1.807) is 0 Å². The number of aromatic nitrogens is 2. The number of H-pyrrole nitrogens is 1. The largest absolute Gasteiger partial charge is 0.486 e. The van der Waals surface area contributed by atoms with Crippen LogP contribution in [0.5, 0.6) is 11.5 Å². The predicted molar refractivity (Wildman–Crippen MR) is 96.2 cm³/mol. The van der Waals surface area contributed by atoms with E-state index in [1.165, 1.54) is 11.8 Å². The molecule has 1 aliphatic rings. The van der Waals surface area contributed by atoms with Gasteiger partial charge < -0.3 is 19.8 Å². The molecule has 2 aromatic carbocycles. The topological polar surface area (TPSA) is 76.2 Å². The third-order valence-electron chi connectivity index (χ3n) is 3.80. The highest BCUT2D eigenvalue weighted by Gasteiger charge is 2.21. The number of hydrogen-bond acceptors (Lipinski definition) is 5. The summed E-state index contributed by atoms with van der Waals surface area (Å²) in [7, 11) is 0. The average molecular weight is 355 g/mol. The Hall–Kier alpha value is -2.67. The molecular weight excluding hydrogens is 338 g/mol. The van der Waals surface area contributed by atoms with Gasteiger partial charge in [-0.25, -0.2) is 4.98 Å². The van der Waals surface area contributed by atoms with Gasteiger partial charge in [-0.05, 0) is 24.3 Å². The van der Waals surface area contributed by atoms with Gasteiger partial charge in [0.05, 0.1) is 23.3 Å². The maximum absolute atomic E-state index is 12.0. The average Bonchev–Trinajstić information content (AvgIpc) is 3.07. The number of hydrogen-bond donors (Lipinski definition) is 2. The first-order chi connectivity index (χ1) is 12.3. The molecule has 0 radical (unpaired) electrons. The first kappa shape index (κ1) is 15.8. The Labute approximate surface area is 148 Å². The molecule has 2 N–H and O–H groups in total. The second-order valence-corrected chi connectivity index (χ2v) is 6.61. The van der Waals surface area contributed by atoms with Crippen LogP contribution in [-0.4, -0.2) is 40.9 Å². The van der Waals surface area contributed by atoms with Crippen molar-refractivity contribution >= 4 is 28.7 Å². The number of para-hydroxylation sites is 4. The molecule has 1 amide bonds. The zero-order valence-corrected chi connectivity index (χ0v) is 14.2.